The average Bonchev–Trinajstić information content (AvgIpc) is 3.67. The van der Waals surface area contributed by atoms with E-state index in [1.54, 1.807) is 54.1 Å². The van der Waals surface area contributed by atoms with Crippen molar-refractivity contribution in [2.75, 3.05) is 81.9 Å². The molecule has 0 aliphatic carbocycles. The van der Waals surface area contributed by atoms with Gasteiger partial charge in [0.15, 0.2) is 5.82 Å². The van der Waals surface area contributed by atoms with Crippen LogP contribution >= 0.6 is 31.0 Å². The normalized spacial score (nSPS) is 18.4. The minimum atomic E-state index is -3.57. The number of thioether (sulfide) groups is 1. The predicted molar refractivity (Wildman–Crippen MR) is 250 cm³/mol. The van der Waals surface area contributed by atoms with Gasteiger partial charge in [-0.3, -0.25) is 34.0 Å². The molecule has 3 saturated heterocycles. The highest BCUT2D eigenvalue weighted by molar-refractivity contribution is 7.99. The van der Waals surface area contributed by atoms with Gasteiger partial charge >= 0.3 is 7.60 Å². The molecule has 8 rings (SSSR count). The van der Waals surface area contributed by atoms with Crippen LogP contribution in [0.3, 0.4) is 0 Å². The van der Waals surface area contributed by atoms with Crippen LogP contribution in [-0.2, 0) is 34.5 Å². The molecule has 1 unspecified atom stereocenters. The van der Waals surface area contributed by atoms with Gasteiger partial charge in [-0.25, -0.2) is 4.98 Å². The predicted octanol–water partition coefficient (Wildman–Crippen LogP) is 6.18. The Hall–Kier alpha value is -5.23. The lowest BCUT2D eigenvalue weighted by molar-refractivity contribution is -0.137. The smallest absolute Gasteiger partial charge is 0.362 e. The molecular formula is C45H53ClN9O8PS. The molecule has 4 amide bonds. The van der Waals surface area contributed by atoms with Crippen LogP contribution in [0.2, 0.25) is 5.02 Å². The number of fused-ring (bicyclic) bond motifs is 1. The van der Waals surface area contributed by atoms with Gasteiger partial charge in [-0.05, 0) is 73.4 Å². The first-order valence-corrected chi connectivity index (χ1v) is 24.6. The number of amides is 4. The summed E-state index contributed by atoms with van der Waals surface area (Å²) < 4.78 is 29.5. The zero-order chi connectivity index (χ0) is 45.7. The maximum Gasteiger partial charge on any atom is 0.362 e. The van der Waals surface area contributed by atoms with E-state index in [-0.39, 0.29) is 35.1 Å². The van der Waals surface area contributed by atoms with Crippen molar-refractivity contribution in [1.82, 2.24) is 30.0 Å². The molecule has 0 saturated carbocycles. The number of aromatic nitrogens is 2. The molecule has 4 aromatic rings. The fourth-order valence-electron chi connectivity index (χ4n) is 8.91. The topological polar surface area (TPSA) is 188 Å². The number of carbonyl (C=O) groups excluding carboxylic acids is 4. The first-order valence-electron chi connectivity index (χ1n) is 21.7. The van der Waals surface area contributed by atoms with Gasteiger partial charge in [0.25, 0.3) is 5.91 Å². The minimum absolute atomic E-state index is 0.174. The number of nitrogens with one attached hydrogen (secondary N) is 3. The summed E-state index contributed by atoms with van der Waals surface area (Å²) in [6.07, 6.45) is 5.23. The fraction of sp³-hybridized carbons (Fsp3) is 0.422. The average molecular weight is 946 g/mol. The number of benzene rings is 3. The number of hydrogen-bond acceptors (Lipinski definition) is 15. The van der Waals surface area contributed by atoms with Crippen LogP contribution < -0.4 is 30.9 Å². The van der Waals surface area contributed by atoms with Crippen LogP contribution in [0.25, 0.3) is 0 Å². The van der Waals surface area contributed by atoms with E-state index in [2.05, 4.69) is 41.8 Å². The molecule has 4 aliphatic rings. The van der Waals surface area contributed by atoms with E-state index >= 15 is 0 Å². The lowest BCUT2D eigenvalue weighted by atomic mass is 10.0. The Morgan fingerprint density at radius 2 is 1.69 bits per heavy atom. The highest BCUT2D eigenvalue weighted by Gasteiger charge is 2.40. The van der Waals surface area contributed by atoms with Gasteiger partial charge in [0.1, 0.15) is 16.8 Å². The second-order valence-corrected chi connectivity index (χ2v) is 19.9. The van der Waals surface area contributed by atoms with Gasteiger partial charge in [0.2, 0.25) is 23.7 Å². The van der Waals surface area contributed by atoms with Crippen molar-refractivity contribution in [1.29, 1.82) is 0 Å². The van der Waals surface area contributed by atoms with Gasteiger partial charge in [-0.15, -0.1) is 11.8 Å². The van der Waals surface area contributed by atoms with Gasteiger partial charge in [-0.1, -0.05) is 29.8 Å². The summed E-state index contributed by atoms with van der Waals surface area (Å²) in [5.41, 5.74) is 3.70. The molecule has 0 spiro atoms. The molecule has 20 heteroatoms. The molecule has 65 heavy (non-hydrogen) atoms. The molecule has 0 radical (unpaired) electrons. The van der Waals surface area contributed by atoms with Crippen LogP contribution in [0.1, 0.15) is 54.4 Å². The van der Waals surface area contributed by atoms with Crippen molar-refractivity contribution >= 4 is 88.7 Å². The Balaban J connectivity index is 0.781. The lowest BCUT2D eigenvalue weighted by Gasteiger charge is -2.43. The summed E-state index contributed by atoms with van der Waals surface area (Å²) in [7, 11) is 0.707. The number of imide groups is 1. The van der Waals surface area contributed by atoms with Crippen LogP contribution in [0.4, 0.5) is 28.8 Å². The second kappa shape index (κ2) is 20.5. The number of para-hydroxylation sites is 1. The van der Waals surface area contributed by atoms with E-state index < -0.39 is 19.5 Å². The Morgan fingerprint density at radius 3 is 2.43 bits per heavy atom. The van der Waals surface area contributed by atoms with E-state index in [1.807, 2.05) is 29.2 Å². The largest absolute Gasteiger partial charge is 0.494 e. The van der Waals surface area contributed by atoms with E-state index in [0.717, 1.165) is 67.3 Å². The highest BCUT2D eigenvalue weighted by Crippen LogP contribution is 2.47. The SMILES string of the molecule is COc1cc(N2CCC(N3CCN(C(=O)CCCSc4cccc5c4CN(C4CCC(=O)NC4=O)C5=O)CC3)CC2)ccc1Nc1ncc(Cl)c(Nc2ccccc2P(=O)(OC)OC)n1. The summed E-state index contributed by atoms with van der Waals surface area (Å²) in [5, 5.41) is 9.35. The minimum Gasteiger partial charge on any atom is -0.494 e. The zero-order valence-corrected chi connectivity index (χ0v) is 39.1. The summed E-state index contributed by atoms with van der Waals surface area (Å²) in [5.74, 6) is 1.21. The van der Waals surface area contributed by atoms with Crippen LogP contribution in [0, 0.1) is 0 Å². The molecule has 17 nitrogen and oxygen atoms in total. The molecule has 5 heterocycles. The molecule has 4 aliphatic heterocycles. The molecule has 344 valence electrons. The number of nitrogens with zero attached hydrogens (tertiary/aromatic N) is 6. The molecule has 0 bridgehead atoms. The lowest BCUT2D eigenvalue weighted by Crippen LogP contribution is -2.54. The van der Waals surface area contributed by atoms with Gasteiger partial charge in [0.05, 0.1) is 30.0 Å². The first-order chi connectivity index (χ1) is 31.5. The number of rotatable bonds is 16. The third-order valence-corrected chi connectivity index (χ3v) is 15.9. The molecule has 3 aromatic carbocycles. The Bertz CT molecular complexity index is 2480. The number of methoxy groups -OCH3 is 1. The number of piperazine rings is 1. The quantitative estimate of drug-likeness (QED) is 0.0500. The van der Waals surface area contributed by atoms with Crippen molar-refractivity contribution < 1.29 is 37.5 Å². The standard InChI is InChI=1S/C45H53ClN9O8PS/c1-61-37-26-30(13-14-34(37)49-45-47-27-33(46)42(51-45)48-35-9-4-5-10-38(35)64(60,62-2)63-3)52-19-17-29(18-20-52)53-21-23-54(24-22-53)41(57)12-7-25-65-39-11-6-8-31-32(39)28-55(44(31)59)36-15-16-40(56)50-43(36)58/h4-6,8-11,13-14,26-27,29,36H,7,12,15-25,28H2,1-3H3,(H,50,56,58)(H2,47,48,49,51). The molecule has 3 fully saturated rings. The van der Waals surface area contributed by atoms with Crippen molar-refractivity contribution in [3.05, 3.63) is 83.0 Å². The van der Waals surface area contributed by atoms with Crippen LogP contribution in [0.15, 0.2) is 71.8 Å². The van der Waals surface area contributed by atoms with Crippen LogP contribution in [0.5, 0.6) is 5.75 Å². The zero-order valence-electron chi connectivity index (χ0n) is 36.6. The van der Waals surface area contributed by atoms with Crippen molar-refractivity contribution in [2.24, 2.45) is 0 Å². The number of ether oxygens (including phenoxy) is 1. The van der Waals surface area contributed by atoms with Crippen molar-refractivity contribution in [3.63, 3.8) is 0 Å². The Morgan fingerprint density at radius 1 is 0.923 bits per heavy atom. The third kappa shape index (κ3) is 10.3. The number of halogens is 1. The van der Waals surface area contributed by atoms with E-state index in [1.165, 1.54) is 20.4 Å². The van der Waals surface area contributed by atoms with Gasteiger partial charge in [-0.2, -0.15) is 4.98 Å². The monoisotopic (exact) mass is 945 g/mol. The number of hydrogen-bond donors (Lipinski definition) is 3. The summed E-state index contributed by atoms with van der Waals surface area (Å²) in [6, 6.07) is 18.4. The fourth-order valence-corrected chi connectivity index (χ4v) is 11.3. The van der Waals surface area contributed by atoms with Gasteiger partial charge in [0, 0.05) is 101 Å². The molecular weight excluding hydrogens is 893 g/mol. The highest BCUT2D eigenvalue weighted by atomic mass is 35.5. The van der Waals surface area contributed by atoms with E-state index in [9.17, 15) is 23.7 Å². The molecule has 1 aromatic heterocycles. The van der Waals surface area contributed by atoms with E-state index in [0.29, 0.717) is 72.3 Å². The maximum absolute atomic E-state index is 13.3. The number of piperidine rings is 2. The number of anilines is 5. The maximum atomic E-state index is 13.3. The van der Waals surface area contributed by atoms with Gasteiger partial charge < -0.3 is 39.1 Å². The Kier molecular flexibility index (Phi) is 14.6. The summed E-state index contributed by atoms with van der Waals surface area (Å²) in [6.45, 7) is 5.26. The van der Waals surface area contributed by atoms with Crippen molar-refractivity contribution in [2.45, 2.75) is 62.0 Å². The van der Waals surface area contributed by atoms with Crippen LogP contribution in [-0.4, -0.2) is 127 Å². The second-order valence-electron chi connectivity index (χ2n) is 16.2. The summed E-state index contributed by atoms with van der Waals surface area (Å²) in [4.78, 5) is 69.0. The number of carbonyl (C=O) groups is 4. The van der Waals surface area contributed by atoms with E-state index in [4.69, 9.17) is 25.4 Å². The third-order valence-electron chi connectivity index (χ3n) is 12.5. The summed E-state index contributed by atoms with van der Waals surface area (Å²) >= 11 is 8.13. The molecule has 3 N–H and O–H groups in total. The van der Waals surface area contributed by atoms with Crippen molar-refractivity contribution in [3.8, 4) is 5.75 Å². The Labute approximate surface area is 387 Å². The molecule has 1 atom stereocenters. The first kappa shape index (κ1) is 46.3.